The van der Waals surface area contributed by atoms with Gasteiger partial charge in [-0.2, -0.15) is 0 Å². The lowest BCUT2D eigenvalue weighted by molar-refractivity contribution is 0.0689. The number of likely N-dealkylation sites (tertiary alicyclic amines) is 1. The molecule has 3 N–H and O–H groups in total. The van der Waals surface area contributed by atoms with Crippen molar-refractivity contribution in [1.29, 1.82) is 0 Å². The molecule has 1 atom stereocenters. The second-order valence-corrected chi connectivity index (χ2v) is 8.27. The van der Waals surface area contributed by atoms with Crippen LogP contribution in [0.15, 0.2) is 66.4 Å². The zero-order chi connectivity index (χ0) is 26.1. The third-order valence-corrected chi connectivity index (χ3v) is 5.92. The Kier molecular flexibility index (Phi) is 14.9. The minimum Gasteiger partial charge on any atom is -0.508 e. The number of allylic oxidation sites excluding steroid dienone is 1. The van der Waals surface area contributed by atoms with Crippen LogP contribution in [0.1, 0.15) is 61.5 Å². The topological polar surface area (TPSA) is 72.8 Å². The van der Waals surface area contributed by atoms with E-state index in [2.05, 4.69) is 42.4 Å². The van der Waals surface area contributed by atoms with Gasteiger partial charge in [0, 0.05) is 18.7 Å². The molecule has 0 bridgehead atoms. The number of terminal acetylenes is 1. The molecule has 5 heteroatoms. The fraction of sp³-hybridized carbons (Fsp3) is 0.433. The molecule has 1 aliphatic rings. The van der Waals surface area contributed by atoms with Gasteiger partial charge in [-0.3, -0.25) is 10.1 Å². The number of nitrogens with zero attached hydrogens (tertiary/aromatic N) is 1. The fourth-order valence-electron chi connectivity index (χ4n) is 4.08. The van der Waals surface area contributed by atoms with E-state index in [1.807, 2.05) is 56.0 Å². The SMILES string of the molecule is C#C.CC.CCCNC(O)/C(O)=C/Cc1ccccc1C(=O)N1CCC(Cc2ccccc2)CC1. The second-order valence-electron chi connectivity index (χ2n) is 8.27. The largest absolute Gasteiger partial charge is 0.508 e. The highest BCUT2D eigenvalue weighted by molar-refractivity contribution is 5.95. The van der Waals surface area contributed by atoms with Gasteiger partial charge in [0.1, 0.15) is 5.76 Å². The molecule has 1 heterocycles. The lowest BCUT2D eigenvalue weighted by atomic mass is 9.89. The van der Waals surface area contributed by atoms with Gasteiger partial charge in [-0.05, 0) is 67.8 Å². The first-order valence-corrected chi connectivity index (χ1v) is 12.6. The zero-order valence-electron chi connectivity index (χ0n) is 21.5. The van der Waals surface area contributed by atoms with Gasteiger partial charge in [-0.1, -0.05) is 69.3 Å². The summed E-state index contributed by atoms with van der Waals surface area (Å²) >= 11 is 0. The number of carbonyl (C=O) groups excluding carboxylic acids is 1. The van der Waals surface area contributed by atoms with Crippen LogP contribution < -0.4 is 5.32 Å². The van der Waals surface area contributed by atoms with Gasteiger partial charge in [0.25, 0.3) is 5.91 Å². The van der Waals surface area contributed by atoms with E-state index in [1.165, 1.54) is 5.56 Å². The van der Waals surface area contributed by atoms with E-state index < -0.39 is 6.23 Å². The number of piperidine rings is 1. The Morgan fingerprint density at radius 2 is 1.69 bits per heavy atom. The molecule has 1 aliphatic heterocycles. The van der Waals surface area contributed by atoms with Gasteiger partial charge >= 0.3 is 0 Å². The molecule has 1 fully saturated rings. The number of benzene rings is 2. The Morgan fingerprint density at radius 3 is 2.31 bits per heavy atom. The maximum absolute atomic E-state index is 13.2. The third kappa shape index (κ3) is 9.98. The van der Waals surface area contributed by atoms with Crippen LogP contribution in [-0.4, -0.2) is 46.9 Å². The van der Waals surface area contributed by atoms with E-state index in [0.29, 0.717) is 24.4 Å². The molecule has 2 aromatic carbocycles. The normalized spacial score (nSPS) is 14.7. The van der Waals surface area contributed by atoms with Crippen LogP contribution in [0.3, 0.4) is 0 Å². The second kappa shape index (κ2) is 17.4. The van der Waals surface area contributed by atoms with E-state index >= 15 is 0 Å². The van der Waals surface area contributed by atoms with Crippen molar-refractivity contribution >= 4 is 5.91 Å². The van der Waals surface area contributed by atoms with E-state index in [0.717, 1.165) is 44.3 Å². The first kappa shape index (κ1) is 30.0. The molecular weight excluding hydrogens is 436 g/mol. The summed E-state index contributed by atoms with van der Waals surface area (Å²) in [4.78, 5) is 15.1. The number of carbonyl (C=O) groups is 1. The molecule has 0 aromatic heterocycles. The molecule has 0 spiro atoms. The Morgan fingerprint density at radius 1 is 1.09 bits per heavy atom. The minimum atomic E-state index is -1.08. The molecule has 35 heavy (non-hydrogen) atoms. The van der Waals surface area contributed by atoms with Gasteiger partial charge in [0.2, 0.25) is 0 Å². The number of rotatable bonds is 9. The number of aliphatic hydroxyl groups excluding tert-OH is 2. The summed E-state index contributed by atoms with van der Waals surface area (Å²) in [5.41, 5.74) is 2.89. The summed E-state index contributed by atoms with van der Waals surface area (Å²) in [6.07, 6.45) is 12.8. The first-order valence-electron chi connectivity index (χ1n) is 12.6. The molecule has 0 radical (unpaired) electrons. The average Bonchev–Trinajstić information content (AvgIpc) is 2.93. The number of hydrogen-bond acceptors (Lipinski definition) is 4. The minimum absolute atomic E-state index is 0.0475. The van der Waals surface area contributed by atoms with Crippen LogP contribution in [0.25, 0.3) is 0 Å². The van der Waals surface area contributed by atoms with E-state index in [9.17, 15) is 15.0 Å². The van der Waals surface area contributed by atoms with Crippen molar-refractivity contribution in [3.8, 4) is 12.8 Å². The Labute approximate surface area is 211 Å². The van der Waals surface area contributed by atoms with Gasteiger partial charge in [0.05, 0.1) is 0 Å². The standard InChI is InChI=1S/C26H34N2O3.C2H6.C2H2/c1-2-16-27-25(30)24(29)13-12-22-10-6-7-11-23(22)26(31)28-17-14-21(15-18-28)19-20-8-4-3-5-9-20;2*1-2/h3-11,13,21,25,27,29-30H,2,12,14-19H2,1H3;1-2H3;1-2H/b24-13-;;. The van der Waals surface area contributed by atoms with Crippen molar-refractivity contribution in [3.05, 3.63) is 83.1 Å². The summed E-state index contributed by atoms with van der Waals surface area (Å²) in [5.74, 6) is 0.544. The summed E-state index contributed by atoms with van der Waals surface area (Å²) in [6.45, 7) is 8.15. The summed E-state index contributed by atoms with van der Waals surface area (Å²) in [5, 5.41) is 22.9. The molecule has 2 aromatic rings. The summed E-state index contributed by atoms with van der Waals surface area (Å²) in [6, 6.07) is 18.1. The molecule has 3 rings (SSSR count). The summed E-state index contributed by atoms with van der Waals surface area (Å²) < 4.78 is 0. The van der Waals surface area contributed by atoms with Crippen LogP contribution in [-0.2, 0) is 12.8 Å². The quantitative estimate of drug-likeness (QED) is 0.258. The molecule has 1 unspecified atom stereocenters. The molecule has 0 aliphatic carbocycles. The Balaban J connectivity index is 0.00000145. The van der Waals surface area contributed by atoms with Gasteiger partial charge < -0.3 is 15.1 Å². The van der Waals surface area contributed by atoms with Crippen LogP contribution in [0, 0.1) is 18.8 Å². The molecular formula is C30H42N2O3. The van der Waals surface area contributed by atoms with Crippen molar-refractivity contribution in [2.45, 2.75) is 59.1 Å². The maximum atomic E-state index is 13.2. The maximum Gasteiger partial charge on any atom is 0.254 e. The molecule has 5 nitrogen and oxygen atoms in total. The monoisotopic (exact) mass is 478 g/mol. The third-order valence-electron chi connectivity index (χ3n) is 5.92. The van der Waals surface area contributed by atoms with Crippen LogP contribution in [0.2, 0.25) is 0 Å². The predicted molar refractivity (Wildman–Crippen MR) is 145 cm³/mol. The van der Waals surface area contributed by atoms with Crippen molar-refractivity contribution in [1.82, 2.24) is 10.2 Å². The number of nitrogens with one attached hydrogen (secondary N) is 1. The van der Waals surface area contributed by atoms with E-state index in [1.54, 1.807) is 6.08 Å². The smallest absolute Gasteiger partial charge is 0.254 e. The van der Waals surface area contributed by atoms with Crippen molar-refractivity contribution in [2.75, 3.05) is 19.6 Å². The van der Waals surface area contributed by atoms with Crippen LogP contribution in [0.5, 0.6) is 0 Å². The van der Waals surface area contributed by atoms with Gasteiger partial charge in [0.15, 0.2) is 6.23 Å². The van der Waals surface area contributed by atoms with E-state index in [4.69, 9.17) is 0 Å². The Hall–Kier alpha value is -3.07. The highest BCUT2D eigenvalue weighted by Crippen LogP contribution is 2.24. The van der Waals surface area contributed by atoms with Gasteiger partial charge in [-0.25, -0.2) is 0 Å². The fourth-order valence-corrected chi connectivity index (χ4v) is 4.08. The van der Waals surface area contributed by atoms with Crippen LogP contribution in [0.4, 0.5) is 0 Å². The van der Waals surface area contributed by atoms with Crippen molar-refractivity contribution < 1.29 is 15.0 Å². The lowest BCUT2D eigenvalue weighted by Crippen LogP contribution is -2.39. The zero-order valence-corrected chi connectivity index (χ0v) is 21.5. The molecule has 1 amide bonds. The Bertz CT molecular complexity index is 900. The highest BCUT2D eigenvalue weighted by Gasteiger charge is 2.25. The van der Waals surface area contributed by atoms with Crippen LogP contribution >= 0.6 is 0 Å². The first-order chi connectivity index (χ1) is 17.1. The number of hydrogen-bond donors (Lipinski definition) is 3. The molecule has 0 saturated carbocycles. The highest BCUT2D eigenvalue weighted by atomic mass is 16.3. The lowest BCUT2D eigenvalue weighted by Gasteiger charge is -2.32. The summed E-state index contributed by atoms with van der Waals surface area (Å²) in [7, 11) is 0. The molecule has 1 saturated heterocycles. The number of amides is 1. The van der Waals surface area contributed by atoms with E-state index in [-0.39, 0.29) is 11.7 Å². The number of aliphatic hydroxyl groups is 2. The predicted octanol–water partition coefficient (Wildman–Crippen LogP) is 5.36. The average molecular weight is 479 g/mol. The molecule has 190 valence electrons. The van der Waals surface area contributed by atoms with Gasteiger partial charge in [-0.15, -0.1) is 12.8 Å². The van der Waals surface area contributed by atoms with Crippen molar-refractivity contribution in [2.24, 2.45) is 5.92 Å². The van der Waals surface area contributed by atoms with Crippen molar-refractivity contribution in [3.63, 3.8) is 0 Å².